The summed E-state index contributed by atoms with van der Waals surface area (Å²) in [5.41, 5.74) is 0.738. The average Bonchev–Trinajstić information content (AvgIpc) is 3.12. The van der Waals surface area contributed by atoms with Gasteiger partial charge in [0, 0.05) is 37.8 Å². The van der Waals surface area contributed by atoms with E-state index in [1.165, 1.54) is 0 Å². The van der Waals surface area contributed by atoms with Crippen molar-refractivity contribution >= 4 is 5.91 Å². The number of carbonyl (C=O) groups excluding carboxylic acids is 1. The molecular formula is C18H25N5O2. The molecule has 1 atom stereocenters. The summed E-state index contributed by atoms with van der Waals surface area (Å²) in [6.45, 7) is 6.24. The van der Waals surface area contributed by atoms with Gasteiger partial charge in [0.05, 0.1) is 0 Å². The van der Waals surface area contributed by atoms with Crippen molar-refractivity contribution < 1.29 is 9.32 Å². The van der Waals surface area contributed by atoms with Crippen LogP contribution in [0.5, 0.6) is 0 Å². The number of likely N-dealkylation sites (N-methyl/N-ethyl adjacent to an activating group) is 1. The molecule has 1 saturated heterocycles. The van der Waals surface area contributed by atoms with E-state index in [0.29, 0.717) is 24.9 Å². The third-order valence-electron chi connectivity index (χ3n) is 5.17. The van der Waals surface area contributed by atoms with Crippen LogP contribution < -0.4 is 0 Å². The number of amides is 1. The molecule has 1 aliphatic carbocycles. The maximum Gasteiger partial charge on any atom is 0.270 e. The highest BCUT2D eigenvalue weighted by molar-refractivity contribution is 5.93. The molecule has 1 aliphatic heterocycles. The molecule has 0 radical (unpaired) electrons. The molecule has 0 bridgehead atoms. The van der Waals surface area contributed by atoms with Crippen molar-refractivity contribution in [1.82, 2.24) is 24.5 Å². The number of carbonyl (C=O) groups is 1. The van der Waals surface area contributed by atoms with E-state index in [1.54, 1.807) is 0 Å². The van der Waals surface area contributed by atoms with Gasteiger partial charge < -0.3 is 14.0 Å². The molecule has 0 spiro atoms. The van der Waals surface area contributed by atoms with Gasteiger partial charge in [-0.2, -0.15) is 4.98 Å². The minimum Gasteiger partial charge on any atom is -0.341 e. The molecule has 2 aromatic heterocycles. The predicted octanol–water partition coefficient (Wildman–Crippen LogP) is 2.46. The third-order valence-corrected chi connectivity index (χ3v) is 5.17. The third kappa shape index (κ3) is 3.08. The Hall–Kier alpha value is -2.15. The van der Waals surface area contributed by atoms with Gasteiger partial charge in [0.15, 0.2) is 5.82 Å². The van der Waals surface area contributed by atoms with Crippen molar-refractivity contribution in [3.8, 4) is 0 Å². The van der Waals surface area contributed by atoms with Gasteiger partial charge in [-0.05, 0) is 45.9 Å². The molecular weight excluding hydrogens is 318 g/mol. The number of piperazine rings is 1. The number of hydrogen-bond donors (Lipinski definition) is 0. The van der Waals surface area contributed by atoms with Crippen LogP contribution >= 0.6 is 0 Å². The highest BCUT2D eigenvalue weighted by Gasteiger charge is 2.35. The Labute approximate surface area is 147 Å². The zero-order valence-electron chi connectivity index (χ0n) is 15.1. The van der Waals surface area contributed by atoms with Crippen LogP contribution in [0.25, 0.3) is 0 Å². The van der Waals surface area contributed by atoms with E-state index in [-0.39, 0.29) is 18.0 Å². The monoisotopic (exact) mass is 343 g/mol. The highest BCUT2D eigenvalue weighted by atomic mass is 16.5. The molecule has 7 heteroatoms. The lowest BCUT2D eigenvalue weighted by Gasteiger charge is -2.37. The summed E-state index contributed by atoms with van der Waals surface area (Å²) in [6, 6.07) is 4.04. The Kier molecular flexibility index (Phi) is 4.11. The van der Waals surface area contributed by atoms with Crippen LogP contribution in [0.15, 0.2) is 22.9 Å². The van der Waals surface area contributed by atoms with Crippen molar-refractivity contribution in [1.29, 1.82) is 0 Å². The molecule has 25 heavy (non-hydrogen) atoms. The number of aromatic nitrogens is 3. The summed E-state index contributed by atoms with van der Waals surface area (Å²) in [6.07, 6.45) is 4.26. The first kappa shape index (κ1) is 16.3. The first-order chi connectivity index (χ1) is 12.0. The fourth-order valence-corrected chi connectivity index (χ4v) is 3.40. The van der Waals surface area contributed by atoms with Gasteiger partial charge in [0.1, 0.15) is 11.7 Å². The first-order valence-electron chi connectivity index (χ1n) is 9.04. The lowest BCUT2D eigenvalue weighted by molar-refractivity contribution is 0.0478. The van der Waals surface area contributed by atoms with Crippen LogP contribution in [0.4, 0.5) is 0 Å². The topological polar surface area (TPSA) is 67.4 Å². The van der Waals surface area contributed by atoms with Gasteiger partial charge in [0.2, 0.25) is 5.89 Å². The second kappa shape index (κ2) is 6.29. The number of rotatable bonds is 4. The van der Waals surface area contributed by atoms with Gasteiger partial charge in [-0.3, -0.25) is 9.69 Å². The average molecular weight is 343 g/mol. The fraction of sp³-hybridized carbons (Fsp3) is 0.611. The molecule has 3 heterocycles. The van der Waals surface area contributed by atoms with Crippen LogP contribution in [-0.2, 0) is 0 Å². The largest absolute Gasteiger partial charge is 0.341 e. The van der Waals surface area contributed by atoms with Gasteiger partial charge in [0.25, 0.3) is 5.91 Å². The smallest absolute Gasteiger partial charge is 0.270 e. The minimum atomic E-state index is -0.0415. The summed E-state index contributed by atoms with van der Waals surface area (Å²) in [4.78, 5) is 21.7. The molecule has 2 fully saturated rings. The Morgan fingerprint density at radius 1 is 1.32 bits per heavy atom. The molecule has 2 aliphatic rings. The number of hydrogen-bond acceptors (Lipinski definition) is 5. The summed E-state index contributed by atoms with van der Waals surface area (Å²) >= 11 is 0. The normalized spacial score (nSPS) is 21.9. The molecule has 1 unspecified atom stereocenters. The Morgan fingerprint density at radius 3 is 2.84 bits per heavy atom. The maximum atomic E-state index is 13.0. The molecule has 1 amide bonds. The summed E-state index contributed by atoms with van der Waals surface area (Å²) < 4.78 is 7.53. The second-order valence-electron chi connectivity index (χ2n) is 7.41. The molecule has 1 saturated carbocycles. The second-order valence-corrected chi connectivity index (χ2v) is 7.41. The zero-order valence-corrected chi connectivity index (χ0v) is 15.1. The van der Waals surface area contributed by atoms with E-state index in [4.69, 9.17) is 4.52 Å². The summed E-state index contributed by atoms with van der Waals surface area (Å²) in [7, 11) is 2.05. The molecule has 0 aromatic carbocycles. The van der Waals surface area contributed by atoms with Crippen molar-refractivity contribution in [2.45, 2.75) is 44.7 Å². The van der Waals surface area contributed by atoms with Gasteiger partial charge in [-0.15, -0.1) is 0 Å². The Balaban J connectivity index is 1.53. The predicted molar refractivity (Wildman–Crippen MR) is 92.4 cm³/mol. The van der Waals surface area contributed by atoms with Crippen LogP contribution in [0.1, 0.15) is 66.9 Å². The Morgan fingerprint density at radius 2 is 2.12 bits per heavy atom. The lowest BCUT2D eigenvalue weighted by atomic mass is 10.1. The fourth-order valence-electron chi connectivity index (χ4n) is 3.40. The minimum absolute atomic E-state index is 0.0415. The van der Waals surface area contributed by atoms with Crippen molar-refractivity contribution in [3.05, 3.63) is 35.7 Å². The molecule has 7 nitrogen and oxygen atoms in total. The molecule has 0 N–H and O–H groups in total. The van der Waals surface area contributed by atoms with E-state index >= 15 is 0 Å². The SMILES string of the molecule is CC(C)n1cccc1C(=O)N1CCN(C)C(c2nc(C3CC3)no2)C1. The van der Waals surface area contributed by atoms with Crippen molar-refractivity contribution in [2.24, 2.45) is 0 Å². The standard InChI is InChI=1S/C18H25N5O2/c1-12(2)23-8-4-5-14(23)18(24)22-10-9-21(3)15(11-22)17-19-16(20-25-17)13-6-7-13/h4-5,8,12-13,15H,6-7,9-11H2,1-3H3. The van der Waals surface area contributed by atoms with Crippen molar-refractivity contribution in [2.75, 3.05) is 26.7 Å². The van der Waals surface area contributed by atoms with Crippen LogP contribution in [0.3, 0.4) is 0 Å². The van der Waals surface area contributed by atoms with E-state index in [0.717, 1.165) is 30.9 Å². The van der Waals surface area contributed by atoms with Crippen LogP contribution in [0, 0.1) is 0 Å². The first-order valence-corrected chi connectivity index (χ1v) is 9.04. The lowest BCUT2D eigenvalue weighted by Crippen LogP contribution is -2.49. The van der Waals surface area contributed by atoms with Crippen LogP contribution in [0.2, 0.25) is 0 Å². The number of nitrogens with zero attached hydrogens (tertiary/aromatic N) is 5. The van der Waals surface area contributed by atoms with E-state index in [2.05, 4.69) is 28.9 Å². The van der Waals surface area contributed by atoms with E-state index in [9.17, 15) is 4.79 Å². The van der Waals surface area contributed by atoms with Gasteiger partial charge >= 0.3 is 0 Å². The maximum absolute atomic E-state index is 13.0. The quantitative estimate of drug-likeness (QED) is 0.853. The molecule has 2 aromatic rings. The van der Waals surface area contributed by atoms with Gasteiger partial charge in [-0.25, -0.2) is 0 Å². The summed E-state index contributed by atoms with van der Waals surface area (Å²) in [5, 5.41) is 4.12. The van der Waals surface area contributed by atoms with Crippen molar-refractivity contribution in [3.63, 3.8) is 0 Å². The Bertz CT molecular complexity index is 761. The molecule has 134 valence electrons. The molecule has 4 rings (SSSR count). The van der Waals surface area contributed by atoms with E-state index < -0.39 is 0 Å². The zero-order chi connectivity index (χ0) is 17.6. The van der Waals surface area contributed by atoms with E-state index in [1.807, 2.05) is 34.8 Å². The van der Waals surface area contributed by atoms with Crippen LogP contribution in [-0.4, -0.2) is 57.1 Å². The summed E-state index contributed by atoms with van der Waals surface area (Å²) in [5.74, 6) is 1.99. The highest BCUT2D eigenvalue weighted by Crippen LogP contribution is 2.38. The van der Waals surface area contributed by atoms with Gasteiger partial charge in [-0.1, -0.05) is 5.16 Å².